The van der Waals surface area contributed by atoms with Crippen LogP contribution in [0.5, 0.6) is 0 Å². The summed E-state index contributed by atoms with van der Waals surface area (Å²) in [6.45, 7) is 1.12. The monoisotopic (exact) mass is 392 g/mol. The van der Waals surface area contributed by atoms with Gasteiger partial charge in [0, 0.05) is 32.3 Å². The molecule has 1 fully saturated rings. The maximum Gasteiger partial charge on any atom is 0.261 e. The number of amides is 3. The van der Waals surface area contributed by atoms with Crippen LogP contribution in [-0.2, 0) is 14.6 Å². The number of nitrogens with zero attached hydrogens (tertiary/aromatic N) is 2. The fourth-order valence-corrected chi connectivity index (χ4v) is 4.61. The lowest BCUT2D eigenvalue weighted by atomic mass is 10.1. The average molecular weight is 392 g/mol. The number of benzene rings is 1. The Kier molecular flexibility index (Phi) is 5.64. The number of unbranched alkanes of at least 4 members (excludes halogenated alkanes) is 2. The molecule has 2 heterocycles. The summed E-state index contributed by atoms with van der Waals surface area (Å²) in [5.74, 6) is -0.534. The van der Waals surface area contributed by atoms with Crippen LogP contribution in [0.3, 0.4) is 0 Å². The van der Waals surface area contributed by atoms with Crippen LogP contribution in [0.15, 0.2) is 24.3 Å². The van der Waals surface area contributed by atoms with Gasteiger partial charge >= 0.3 is 0 Å². The van der Waals surface area contributed by atoms with Gasteiger partial charge in [0.15, 0.2) is 9.84 Å². The third-order valence-corrected chi connectivity index (χ3v) is 6.85. The van der Waals surface area contributed by atoms with Crippen LogP contribution in [0, 0.1) is 0 Å². The molecule has 0 bridgehead atoms. The minimum absolute atomic E-state index is 0.0260. The second kappa shape index (κ2) is 7.80. The van der Waals surface area contributed by atoms with Gasteiger partial charge in [-0.05, 0) is 31.4 Å². The highest BCUT2D eigenvalue weighted by atomic mass is 32.2. The van der Waals surface area contributed by atoms with E-state index in [9.17, 15) is 22.8 Å². The van der Waals surface area contributed by atoms with Crippen molar-refractivity contribution in [1.82, 2.24) is 9.80 Å². The molecule has 0 spiro atoms. The van der Waals surface area contributed by atoms with Gasteiger partial charge in [0.05, 0.1) is 16.4 Å². The Morgan fingerprint density at radius 3 is 2.26 bits per heavy atom. The molecule has 2 aliphatic rings. The van der Waals surface area contributed by atoms with E-state index in [-0.39, 0.29) is 24.3 Å². The summed E-state index contributed by atoms with van der Waals surface area (Å²) in [7, 11) is -3.10. The molecule has 1 saturated heterocycles. The highest BCUT2D eigenvalue weighted by Gasteiger charge is 2.34. The number of fused-ring (bicyclic) bond motifs is 1. The summed E-state index contributed by atoms with van der Waals surface area (Å²) in [6, 6.07) is 6.81. The predicted octanol–water partition coefficient (Wildman–Crippen LogP) is 1.49. The molecule has 0 aromatic heterocycles. The zero-order chi connectivity index (χ0) is 19.6. The maximum atomic E-state index is 12.3. The fraction of sp³-hybridized carbons (Fsp3) is 0.526. The molecule has 0 saturated carbocycles. The number of rotatable bonds is 7. The summed E-state index contributed by atoms with van der Waals surface area (Å²) < 4.78 is 23.1. The number of sulfone groups is 1. The number of imide groups is 1. The van der Waals surface area contributed by atoms with Crippen molar-refractivity contribution in [2.45, 2.75) is 37.4 Å². The highest BCUT2D eigenvalue weighted by molar-refractivity contribution is 7.91. The topological polar surface area (TPSA) is 91.8 Å². The van der Waals surface area contributed by atoms with E-state index < -0.39 is 15.1 Å². The van der Waals surface area contributed by atoms with Crippen molar-refractivity contribution in [3.63, 3.8) is 0 Å². The Balaban J connectivity index is 1.39. The molecule has 2 aliphatic heterocycles. The van der Waals surface area contributed by atoms with Crippen LogP contribution in [0.1, 0.15) is 52.8 Å². The quantitative estimate of drug-likeness (QED) is 0.518. The van der Waals surface area contributed by atoms with Crippen LogP contribution in [-0.4, -0.2) is 67.1 Å². The molecular weight excluding hydrogens is 368 g/mol. The van der Waals surface area contributed by atoms with Crippen LogP contribution < -0.4 is 0 Å². The summed E-state index contributed by atoms with van der Waals surface area (Å²) in [6.07, 6.45) is 4.10. The van der Waals surface area contributed by atoms with Crippen molar-refractivity contribution in [3.8, 4) is 0 Å². The van der Waals surface area contributed by atoms with Gasteiger partial charge in [0.1, 0.15) is 0 Å². The van der Waals surface area contributed by atoms with Crippen molar-refractivity contribution < 1.29 is 22.8 Å². The van der Waals surface area contributed by atoms with Gasteiger partial charge in [-0.3, -0.25) is 19.3 Å². The first-order valence-electron chi connectivity index (χ1n) is 9.21. The smallest absolute Gasteiger partial charge is 0.261 e. The van der Waals surface area contributed by atoms with Crippen LogP contribution >= 0.6 is 0 Å². The van der Waals surface area contributed by atoms with E-state index in [1.54, 1.807) is 29.2 Å². The molecule has 1 atom stereocenters. The molecule has 0 aliphatic carbocycles. The Labute approximate surface area is 159 Å². The van der Waals surface area contributed by atoms with E-state index in [1.165, 1.54) is 11.2 Å². The van der Waals surface area contributed by atoms with Gasteiger partial charge in [0.25, 0.3) is 11.8 Å². The zero-order valence-corrected chi connectivity index (χ0v) is 16.2. The van der Waals surface area contributed by atoms with Gasteiger partial charge in [-0.15, -0.1) is 0 Å². The predicted molar refractivity (Wildman–Crippen MR) is 100 cm³/mol. The normalized spacial score (nSPS) is 19.7. The van der Waals surface area contributed by atoms with Crippen molar-refractivity contribution in [1.29, 1.82) is 0 Å². The minimum atomic E-state index is -3.10. The van der Waals surface area contributed by atoms with Gasteiger partial charge < -0.3 is 4.90 Å². The Morgan fingerprint density at radius 2 is 1.70 bits per heavy atom. The molecule has 1 unspecified atom stereocenters. The number of carbonyl (C=O) groups is 3. The highest BCUT2D eigenvalue weighted by Crippen LogP contribution is 2.23. The molecule has 27 heavy (non-hydrogen) atoms. The van der Waals surface area contributed by atoms with Crippen LogP contribution in [0.4, 0.5) is 0 Å². The molecular formula is C19H24N2O5S. The summed E-state index contributed by atoms with van der Waals surface area (Å²) in [4.78, 5) is 39.6. The van der Waals surface area contributed by atoms with E-state index in [0.29, 0.717) is 49.9 Å². The lowest BCUT2D eigenvalue weighted by Gasteiger charge is -2.16. The summed E-state index contributed by atoms with van der Waals surface area (Å²) in [5.41, 5.74) is 0.902. The van der Waals surface area contributed by atoms with E-state index in [4.69, 9.17) is 0 Å². The zero-order valence-electron chi connectivity index (χ0n) is 15.4. The Bertz CT molecular complexity index is 830. The first-order chi connectivity index (χ1) is 12.8. The largest absolute Gasteiger partial charge is 0.341 e. The second-order valence-electron chi connectivity index (χ2n) is 7.20. The first kappa shape index (κ1) is 19.5. The molecule has 0 N–H and O–H groups in total. The Hall–Kier alpha value is -2.22. The van der Waals surface area contributed by atoms with E-state index in [0.717, 1.165) is 6.42 Å². The molecule has 3 amide bonds. The molecule has 1 aromatic carbocycles. The average Bonchev–Trinajstić information content (AvgIpc) is 3.21. The van der Waals surface area contributed by atoms with E-state index in [1.807, 2.05) is 0 Å². The maximum absolute atomic E-state index is 12.3. The lowest BCUT2D eigenvalue weighted by molar-refractivity contribution is -0.130. The second-order valence-corrected chi connectivity index (χ2v) is 9.52. The molecule has 3 rings (SSSR count). The van der Waals surface area contributed by atoms with Gasteiger partial charge in [-0.2, -0.15) is 0 Å². The molecule has 7 nitrogen and oxygen atoms in total. The van der Waals surface area contributed by atoms with Gasteiger partial charge in [-0.25, -0.2) is 8.42 Å². The molecule has 8 heteroatoms. The van der Waals surface area contributed by atoms with Crippen molar-refractivity contribution in [2.24, 2.45) is 0 Å². The van der Waals surface area contributed by atoms with E-state index in [2.05, 4.69) is 0 Å². The van der Waals surface area contributed by atoms with Crippen LogP contribution in [0.2, 0.25) is 0 Å². The number of likely N-dealkylation sites (tertiary alicyclic amines) is 1. The fourth-order valence-electron chi connectivity index (χ4n) is 3.63. The van der Waals surface area contributed by atoms with Crippen molar-refractivity contribution in [2.75, 3.05) is 25.9 Å². The number of carbonyl (C=O) groups excluding carboxylic acids is 3. The first-order valence-corrected chi connectivity index (χ1v) is 11.2. The summed E-state index contributed by atoms with van der Waals surface area (Å²) >= 11 is 0. The van der Waals surface area contributed by atoms with Gasteiger partial charge in [0.2, 0.25) is 5.91 Å². The van der Waals surface area contributed by atoms with Crippen LogP contribution in [0.25, 0.3) is 0 Å². The standard InChI is InChI=1S/C19H24N2O5S/c1-27(25,26)14-10-12-20(13-14)17(22)9-3-2-6-11-21-18(23)15-7-4-5-8-16(15)19(21)24/h4-5,7-8,14H,2-3,6,9-13H2,1H3. The van der Waals surface area contributed by atoms with E-state index >= 15 is 0 Å². The third-order valence-electron chi connectivity index (χ3n) is 5.25. The molecule has 1 aromatic rings. The van der Waals surface area contributed by atoms with Crippen molar-refractivity contribution in [3.05, 3.63) is 35.4 Å². The Morgan fingerprint density at radius 1 is 1.07 bits per heavy atom. The molecule has 0 radical (unpaired) electrons. The lowest BCUT2D eigenvalue weighted by Crippen LogP contribution is -2.31. The van der Waals surface area contributed by atoms with Crippen molar-refractivity contribution >= 4 is 27.6 Å². The van der Waals surface area contributed by atoms with Gasteiger partial charge in [-0.1, -0.05) is 18.6 Å². The minimum Gasteiger partial charge on any atom is -0.341 e. The number of hydrogen-bond donors (Lipinski definition) is 0. The SMILES string of the molecule is CS(=O)(=O)C1CCN(C(=O)CCCCCN2C(=O)c3ccccc3C2=O)C1. The summed E-state index contributed by atoms with van der Waals surface area (Å²) in [5, 5.41) is -0.449. The number of hydrogen-bond acceptors (Lipinski definition) is 5. The molecule has 146 valence electrons. The third kappa shape index (κ3) is 4.21.